The normalized spacial score (nSPS) is 11.3. The van der Waals surface area contributed by atoms with Gasteiger partial charge in [-0.15, -0.1) is 0 Å². The van der Waals surface area contributed by atoms with Gasteiger partial charge in [0.1, 0.15) is 10.6 Å². The summed E-state index contributed by atoms with van der Waals surface area (Å²) in [7, 11) is 0. The van der Waals surface area contributed by atoms with Gasteiger partial charge in [0, 0.05) is 11.8 Å². The highest BCUT2D eigenvalue weighted by Gasteiger charge is 2.12. The molecule has 1 heterocycles. The summed E-state index contributed by atoms with van der Waals surface area (Å²) < 4.78 is 7.20. The highest BCUT2D eigenvalue weighted by atomic mass is 32.1. The summed E-state index contributed by atoms with van der Waals surface area (Å²) in [5, 5.41) is 2.87. The molecule has 0 aliphatic heterocycles. The van der Waals surface area contributed by atoms with Crippen LogP contribution in [0.15, 0.2) is 101 Å². The Bertz CT molecular complexity index is 1380. The van der Waals surface area contributed by atoms with Crippen molar-refractivity contribution in [3.63, 3.8) is 0 Å². The zero-order valence-electron chi connectivity index (χ0n) is 19.5. The monoisotopic (exact) mass is 485 g/mol. The van der Waals surface area contributed by atoms with Gasteiger partial charge in [0.2, 0.25) is 0 Å². The van der Waals surface area contributed by atoms with Gasteiger partial charge in [0.15, 0.2) is 4.80 Å². The van der Waals surface area contributed by atoms with Crippen LogP contribution in [-0.2, 0) is 13.1 Å². The molecule has 4 aromatic rings. The molecule has 0 atom stereocenters. The molecule has 0 fully saturated rings. The van der Waals surface area contributed by atoms with E-state index in [-0.39, 0.29) is 11.5 Å². The number of anilines is 1. The third-order valence-electron chi connectivity index (χ3n) is 5.18. The lowest BCUT2D eigenvalue weighted by molar-refractivity contribution is 0.103. The Labute approximate surface area is 208 Å². The first-order chi connectivity index (χ1) is 17.1. The number of aromatic nitrogens is 1. The van der Waals surface area contributed by atoms with E-state index in [0.29, 0.717) is 35.1 Å². The molecule has 6 nitrogen and oxygen atoms in total. The Hall–Kier alpha value is -3.97. The largest absolute Gasteiger partial charge is 0.494 e. The molecule has 1 N–H and O–H groups in total. The fourth-order valence-electron chi connectivity index (χ4n) is 3.40. The molecule has 0 saturated heterocycles. The highest BCUT2D eigenvalue weighted by Crippen LogP contribution is 2.17. The van der Waals surface area contributed by atoms with Crippen LogP contribution in [0.2, 0.25) is 0 Å². The Morgan fingerprint density at radius 3 is 2.26 bits per heavy atom. The molecule has 0 unspecified atom stereocenters. The molecule has 178 valence electrons. The molecule has 0 saturated carbocycles. The molecule has 0 aliphatic carbocycles. The predicted octanol–water partition coefficient (Wildman–Crippen LogP) is 5.10. The van der Waals surface area contributed by atoms with Crippen LogP contribution in [-0.4, -0.2) is 17.1 Å². The van der Waals surface area contributed by atoms with Gasteiger partial charge in [-0.25, -0.2) is 0 Å². The molecule has 1 aromatic heterocycles. The van der Waals surface area contributed by atoms with Gasteiger partial charge < -0.3 is 10.1 Å². The minimum absolute atomic E-state index is 0.270. The van der Waals surface area contributed by atoms with Crippen molar-refractivity contribution in [2.45, 2.75) is 26.4 Å². The van der Waals surface area contributed by atoms with E-state index in [0.717, 1.165) is 23.3 Å². The van der Waals surface area contributed by atoms with Crippen molar-refractivity contribution in [1.82, 2.24) is 4.57 Å². The smallest absolute Gasteiger partial charge is 0.266 e. The molecule has 3 aromatic carbocycles. The van der Waals surface area contributed by atoms with Gasteiger partial charge in [-0.1, -0.05) is 78.9 Å². The molecule has 0 aliphatic rings. The number of hydrogen-bond donors (Lipinski definition) is 1. The Balaban J connectivity index is 1.62. The van der Waals surface area contributed by atoms with Gasteiger partial charge in [0.25, 0.3) is 11.5 Å². The Kier molecular flexibility index (Phi) is 8.25. The van der Waals surface area contributed by atoms with Crippen molar-refractivity contribution in [3.05, 3.63) is 122 Å². The van der Waals surface area contributed by atoms with E-state index in [4.69, 9.17) is 9.73 Å². The fraction of sp³-hybridized carbons (Fsp3) is 0.179. The molecule has 0 bridgehead atoms. The van der Waals surface area contributed by atoms with Crippen LogP contribution in [0.1, 0.15) is 34.1 Å². The topological polar surface area (TPSA) is 72.7 Å². The maximum Gasteiger partial charge on any atom is 0.266 e. The van der Waals surface area contributed by atoms with Gasteiger partial charge in [0.05, 0.1) is 19.7 Å². The molecule has 0 spiro atoms. The van der Waals surface area contributed by atoms with E-state index in [1.165, 1.54) is 17.4 Å². The third kappa shape index (κ3) is 6.77. The number of amides is 1. The van der Waals surface area contributed by atoms with Crippen molar-refractivity contribution in [3.8, 4) is 5.75 Å². The first-order valence-electron chi connectivity index (χ1n) is 11.5. The number of nitrogens with zero attached hydrogens (tertiary/aromatic N) is 2. The van der Waals surface area contributed by atoms with E-state index in [1.807, 2.05) is 79.7 Å². The van der Waals surface area contributed by atoms with Gasteiger partial charge in [-0.3, -0.25) is 19.1 Å². The molecule has 7 heteroatoms. The molecule has 4 rings (SSSR count). The molecular weight excluding hydrogens is 458 g/mol. The molecular formula is C28H27N3O3S. The summed E-state index contributed by atoms with van der Waals surface area (Å²) in [6.45, 7) is 3.48. The van der Waals surface area contributed by atoms with E-state index in [1.54, 1.807) is 16.7 Å². The van der Waals surface area contributed by atoms with Crippen molar-refractivity contribution in [2.75, 3.05) is 11.9 Å². The summed E-state index contributed by atoms with van der Waals surface area (Å²) >= 11 is 1.20. The quantitative estimate of drug-likeness (QED) is 0.359. The molecule has 35 heavy (non-hydrogen) atoms. The van der Waals surface area contributed by atoms with Crippen LogP contribution in [0, 0.1) is 0 Å². The van der Waals surface area contributed by atoms with Gasteiger partial charge in [-0.05, 0) is 41.8 Å². The van der Waals surface area contributed by atoms with Gasteiger partial charge >= 0.3 is 0 Å². The number of carbonyl (C=O) groups is 1. The maximum absolute atomic E-state index is 13.1. The zero-order chi connectivity index (χ0) is 24.5. The summed E-state index contributed by atoms with van der Waals surface area (Å²) in [5.74, 6) is 0.399. The summed E-state index contributed by atoms with van der Waals surface area (Å²) in [5.41, 5.74) is 2.37. The zero-order valence-corrected chi connectivity index (χ0v) is 20.3. The van der Waals surface area contributed by atoms with Crippen molar-refractivity contribution < 1.29 is 9.53 Å². The van der Waals surface area contributed by atoms with Crippen molar-refractivity contribution in [1.29, 1.82) is 0 Å². The molecule has 0 radical (unpaired) electrons. The first kappa shape index (κ1) is 24.2. The average Bonchev–Trinajstić information content (AvgIpc) is 2.89. The number of benzene rings is 3. The summed E-state index contributed by atoms with van der Waals surface area (Å²) in [4.78, 5) is 31.6. The van der Waals surface area contributed by atoms with Crippen LogP contribution in [0.4, 0.5) is 5.69 Å². The minimum Gasteiger partial charge on any atom is -0.494 e. The Morgan fingerprint density at radius 1 is 0.943 bits per heavy atom. The van der Waals surface area contributed by atoms with Crippen LogP contribution in [0.25, 0.3) is 0 Å². The van der Waals surface area contributed by atoms with Gasteiger partial charge in [-0.2, -0.15) is 0 Å². The predicted molar refractivity (Wildman–Crippen MR) is 140 cm³/mol. The SMILES string of the molecule is CCCOc1ccc(NC(=O)c2cc(=O)n(Cc3ccccc3)c(=NCc3ccccc3)s2)cc1. The number of rotatable bonds is 9. The number of carbonyl (C=O) groups excluding carboxylic acids is 1. The van der Waals surface area contributed by atoms with E-state index in [9.17, 15) is 9.59 Å². The lowest BCUT2D eigenvalue weighted by Gasteiger charge is -2.10. The minimum atomic E-state index is -0.350. The van der Waals surface area contributed by atoms with E-state index >= 15 is 0 Å². The Morgan fingerprint density at radius 2 is 1.60 bits per heavy atom. The van der Waals surface area contributed by atoms with Crippen LogP contribution < -0.4 is 20.4 Å². The summed E-state index contributed by atoms with van der Waals surface area (Å²) in [6.07, 6.45) is 0.924. The molecule has 1 amide bonds. The lowest BCUT2D eigenvalue weighted by Crippen LogP contribution is -2.33. The fourth-order valence-corrected chi connectivity index (χ4v) is 4.29. The van der Waals surface area contributed by atoms with Crippen LogP contribution in [0.5, 0.6) is 5.75 Å². The van der Waals surface area contributed by atoms with E-state index in [2.05, 4.69) is 5.32 Å². The van der Waals surface area contributed by atoms with E-state index < -0.39 is 0 Å². The highest BCUT2D eigenvalue weighted by molar-refractivity contribution is 7.11. The standard InChI is InChI=1S/C28H27N3O3S/c1-2-17-34-24-15-13-23(14-16-24)30-27(33)25-18-26(32)31(20-22-11-7-4-8-12-22)28(35-25)29-19-21-9-5-3-6-10-21/h3-16,18H,2,17,19-20H2,1H3,(H,30,33). The number of ether oxygens (including phenoxy) is 1. The number of hydrogen-bond acceptors (Lipinski definition) is 5. The van der Waals surface area contributed by atoms with Crippen molar-refractivity contribution >= 4 is 22.9 Å². The number of nitrogens with one attached hydrogen (secondary N) is 1. The maximum atomic E-state index is 13.1. The van der Waals surface area contributed by atoms with Crippen LogP contribution in [0.3, 0.4) is 0 Å². The third-order valence-corrected chi connectivity index (χ3v) is 6.24. The van der Waals surface area contributed by atoms with Crippen molar-refractivity contribution in [2.24, 2.45) is 4.99 Å². The average molecular weight is 486 g/mol. The first-order valence-corrected chi connectivity index (χ1v) is 12.3. The lowest BCUT2D eigenvalue weighted by atomic mass is 10.2. The summed E-state index contributed by atoms with van der Waals surface area (Å²) in [6, 6.07) is 28.1. The second-order valence-electron chi connectivity index (χ2n) is 7.93. The second kappa shape index (κ2) is 11.9. The second-order valence-corrected chi connectivity index (χ2v) is 8.94. The van der Waals surface area contributed by atoms with Crippen LogP contribution >= 0.6 is 11.3 Å².